The molecule has 0 unspecified atom stereocenters. The third-order valence-electron chi connectivity index (χ3n) is 3.18. The van der Waals surface area contributed by atoms with E-state index in [9.17, 15) is 9.59 Å². The van der Waals surface area contributed by atoms with Gasteiger partial charge in [0.05, 0.1) is 11.3 Å². The van der Waals surface area contributed by atoms with E-state index in [2.05, 4.69) is 15.9 Å². The molecule has 0 spiro atoms. The van der Waals surface area contributed by atoms with Crippen LogP contribution in [0.5, 0.6) is 11.5 Å². The fourth-order valence-corrected chi connectivity index (χ4v) is 2.66. The van der Waals surface area contributed by atoms with Crippen LogP contribution < -0.4 is 21.3 Å². The molecule has 0 aliphatic rings. The molecular formula is C16H9BrClNO3. The lowest BCUT2D eigenvalue weighted by Gasteiger charge is -2.14. The van der Waals surface area contributed by atoms with Crippen molar-refractivity contribution in [3.8, 4) is 22.6 Å². The van der Waals surface area contributed by atoms with Gasteiger partial charge in [-0.1, -0.05) is 33.6 Å². The number of nitrogens with two attached hydrogens (primary N) is 1. The highest BCUT2D eigenvalue weighted by atomic mass is 79.9. The minimum absolute atomic E-state index is 0.0496. The summed E-state index contributed by atoms with van der Waals surface area (Å²) >= 11 is 9.35. The summed E-state index contributed by atoms with van der Waals surface area (Å²) in [6, 6.07) is 12.0. The number of anilines is 1. The van der Waals surface area contributed by atoms with Crippen LogP contribution in [-0.4, -0.2) is 0 Å². The van der Waals surface area contributed by atoms with Crippen molar-refractivity contribution in [1.82, 2.24) is 0 Å². The van der Waals surface area contributed by atoms with E-state index in [-0.39, 0.29) is 11.3 Å². The van der Waals surface area contributed by atoms with Crippen LogP contribution in [0.2, 0.25) is 5.02 Å². The van der Waals surface area contributed by atoms with Gasteiger partial charge in [-0.05, 0) is 30.3 Å². The molecule has 0 atom stereocenters. The smallest absolute Gasteiger partial charge is 0.249 e. The lowest BCUT2D eigenvalue weighted by atomic mass is 9.98. The Kier molecular flexibility index (Phi) is 3.76. The maximum atomic E-state index is 11.7. The zero-order valence-corrected chi connectivity index (χ0v) is 13.4. The van der Waals surface area contributed by atoms with Crippen LogP contribution in [0.3, 0.4) is 0 Å². The van der Waals surface area contributed by atoms with Crippen LogP contribution in [0.15, 0.2) is 56.5 Å². The lowest BCUT2D eigenvalue weighted by Crippen LogP contribution is -2.35. The second-order valence-electron chi connectivity index (χ2n) is 4.65. The minimum atomic E-state index is -0.668. The molecule has 22 heavy (non-hydrogen) atoms. The molecule has 0 heterocycles. The number of rotatable bonds is 3. The van der Waals surface area contributed by atoms with Crippen molar-refractivity contribution in [3.05, 3.63) is 72.4 Å². The molecule has 2 N–H and O–H groups in total. The first-order valence-corrected chi connectivity index (χ1v) is 7.46. The highest BCUT2D eigenvalue weighted by Crippen LogP contribution is 2.36. The number of hydrogen-bond acceptors (Lipinski definition) is 4. The van der Waals surface area contributed by atoms with Crippen LogP contribution in [0, 0.1) is 0 Å². The van der Waals surface area contributed by atoms with Crippen molar-refractivity contribution in [3.63, 3.8) is 0 Å². The molecule has 0 aliphatic carbocycles. The molecule has 6 heteroatoms. The van der Waals surface area contributed by atoms with E-state index in [4.69, 9.17) is 22.1 Å². The molecule has 0 saturated heterocycles. The summed E-state index contributed by atoms with van der Waals surface area (Å²) < 4.78 is 6.64. The molecule has 0 bridgehead atoms. The molecule has 0 aromatic heterocycles. The van der Waals surface area contributed by atoms with Gasteiger partial charge in [-0.2, -0.15) is 0 Å². The number of hydrogen-bond donors (Lipinski definition) is 1. The van der Waals surface area contributed by atoms with Crippen molar-refractivity contribution < 1.29 is 4.74 Å². The minimum Gasteiger partial charge on any atom is -0.457 e. The van der Waals surface area contributed by atoms with Crippen molar-refractivity contribution in [2.45, 2.75) is 0 Å². The molecule has 0 saturated carbocycles. The van der Waals surface area contributed by atoms with E-state index >= 15 is 0 Å². The summed E-state index contributed by atoms with van der Waals surface area (Å²) in [4.78, 5) is 23.1. The van der Waals surface area contributed by atoms with Crippen LogP contribution >= 0.6 is 27.5 Å². The number of benzene rings is 2. The zero-order valence-electron chi connectivity index (χ0n) is 11.1. The molecule has 4 nitrogen and oxygen atoms in total. The van der Waals surface area contributed by atoms with E-state index in [0.29, 0.717) is 22.1 Å². The predicted molar refractivity (Wildman–Crippen MR) is 90.4 cm³/mol. The molecular weight excluding hydrogens is 370 g/mol. The largest absolute Gasteiger partial charge is 0.457 e. The molecule has 0 aliphatic heterocycles. The van der Waals surface area contributed by atoms with Gasteiger partial charge in [0, 0.05) is 21.1 Å². The van der Waals surface area contributed by atoms with Crippen LogP contribution in [-0.2, 0) is 0 Å². The topological polar surface area (TPSA) is 69.4 Å². The number of ether oxygens (including phenoxy) is 1. The van der Waals surface area contributed by atoms with Crippen molar-refractivity contribution >= 4 is 33.2 Å². The van der Waals surface area contributed by atoms with E-state index in [1.54, 1.807) is 30.3 Å². The zero-order chi connectivity index (χ0) is 15.9. The Bertz CT molecular complexity index is 945. The maximum Gasteiger partial charge on any atom is 0.249 e. The van der Waals surface area contributed by atoms with Gasteiger partial charge >= 0.3 is 0 Å². The first kappa shape index (κ1) is 14.8. The summed E-state index contributed by atoms with van der Waals surface area (Å²) in [5.74, 6) is 0.930. The SMILES string of the molecule is Nc1c(-c2ccc(Cl)cc2Oc2cccc(Br)c2)c(=O)c1=O. The Balaban J connectivity index is 2.10. The number of nitrogen functional groups attached to an aromatic ring is 1. The van der Waals surface area contributed by atoms with Gasteiger partial charge in [-0.3, -0.25) is 9.59 Å². The van der Waals surface area contributed by atoms with E-state index in [0.717, 1.165) is 4.47 Å². The quantitative estimate of drug-likeness (QED) is 0.705. The van der Waals surface area contributed by atoms with E-state index < -0.39 is 10.9 Å². The molecule has 0 fully saturated rings. The highest BCUT2D eigenvalue weighted by Gasteiger charge is 2.23. The van der Waals surface area contributed by atoms with Crippen molar-refractivity contribution in [2.24, 2.45) is 0 Å². The molecule has 0 radical (unpaired) electrons. The monoisotopic (exact) mass is 377 g/mol. The van der Waals surface area contributed by atoms with Gasteiger partial charge in [0.2, 0.25) is 10.9 Å². The number of halogens is 2. The standard InChI is InChI=1S/C16H9BrClNO3/c17-8-2-1-3-10(6-8)22-12-7-9(18)4-5-11(12)13-14(19)16(21)15(13)20/h1-7H,19H2. The molecule has 3 aromatic carbocycles. The lowest BCUT2D eigenvalue weighted by molar-refractivity contribution is 0.484. The Morgan fingerprint density at radius 1 is 1.05 bits per heavy atom. The van der Waals surface area contributed by atoms with Gasteiger partial charge < -0.3 is 10.5 Å². The Hall–Kier alpha value is -2.11. The Labute approximate surface area is 138 Å². The maximum absolute atomic E-state index is 11.7. The fraction of sp³-hybridized carbons (Fsp3) is 0. The second-order valence-corrected chi connectivity index (χ2v) is 6.00. The summed E-state index contributed by atoms with van der Waals surface area (Å²) in [6.07, 6.45) is 0. The summed E-state index contributed by atoms with van der Waals surface area (Å²) in [5.41, 5.74) is 4.92. The highest BCUT2D eigenvalue weighted by molar-refractivity contribution is 9.10. The molecule has 3 aromatic rings. The molecule has 3 rings (SSSR count). The summed E-state index contributed by atoms with van der Waals surface area (Å²) in [7, 11) is 0. The molecule has 0 amide bonds. The van der Waals surface area contributed by atoms with Gasteiger partial charge in [0.25, 0.3) is 0 Å². The van der Waals surface area contributed by atoms with Crippen LogP contribution in [0.25, 0.3) is 11.1 Å². The van der Waals surface area contributed by atoms with Gasteiger partial charge in [0.15, 0.2) is 0 Å². The first-order chi connectivity index (χ1) is 10.5. The fourth-order valence-electron chi connectivity index (χ4n) is 2.12. The average Bonchev–Trinajstić information content (AvgIpc) is 2.49. The van der Waals surface area contributed by atoms with E-state index in [1.807, 2.05) is 12.1 Å². The third-order valence-corrected chi connectivity index (χ3v) is 3.91. The van der Waals surface area contributed by atoms with Crippen LogP contribution in [0.4, 0.5) is 5.69 Å². The summed E-state index contributed by atoms with van der Waals surface area (Å²) in [6.45, 7) is 0. The third kappa shape index (κ3) is 2.53. The predicted octanol–water partition coefficient (Wildman–Crippen LogP) is 3.74. The second kappa shape index (κ2) is 5.59. The first-order valence-electron chi connectivity index (χ1n) is 6.29. The van der Waals surface area contributed by atoms with Crippen LogP contribution in [0.1, 0.15) is 0 Å². The van der Waals surface area contributed by atoms with Crippen molar-refractivity contribution in [2.75, 3.05) is 5.73 Å². The van der Waals surface area contributed by atoms with Gasteiger partial charge in [0.1, 0.15) is 11.5 Å². The summed E-state index contributed by atoms with van der Waals surface area (Å²) in [5, 5.41) is 0.450. The Morgan fingerprint density at radius 3 is 2.50 bits per heavy atom. The normalized spacial score (nSPS) is 10.8. The van der Waals surface area contributed by atoms with Gasteiger partial charge in [-0.25, -0.2) is 0 Å². The van der Waals surface area contributed by atoms with Gasteiger partial charge in [-0.15, -0.1) is 0 Å². The Morgan fingerprint density at radius 2 is 1.82 bits per heavy atom. The average molecular weight is 379 g/mol. The molecule has 110 valence electrons. The van der Waals surface area contributed by atoms with Crippen molar-refractivity contribution in [1.29, 1.82) is 0 Å². The van der Waals surface area contributed by atoms with E-state index in [1.165, 1.54) is 0 Å².